The molecule has 0 radical (unpaired) electrons. The molecule has 1 atom stereocenters. The fraction of sp³-hybridized carbons (Fsp3) is 0.671. The average Bonchev–Trinajstić information content (AvgIpc) is 3.42. The third kappa shape index (κ3) is 60.7. The number of ether oxygens (including phenoxy) is 3. The van der Waals surface area contributed by atoms with E-state index in [1.807, 2.05) is 0 Å². The van der Waals surface area contributed by atoms with E-state index in [0.717, 1.165) is 128 Å². The van der Waals surface area contributed by atoms with Crippen LogP contribution >= 0.6 is 0 Å². The van der Waals surface area contributed by atoms with Crippen LogP contribution in [0.15, 0.2) is 122 Å². The number of carbonyl (C=O) groups excluding carboxylic acids is 3. The van der Waals surface area contributed by atoms with Crippen molar-refractivity contribution in [2.75, 3.05) is 13.2 Å². The summed E-state index contributed by atoms with van der Waals surface area (Å²) in [6.45, 7) is 6.36. The molecule has 0 aliphatic carbocycles. The van der Waals surface area contributed by atoms with E-state index in [2.05, 4.69) is 142 Å². The first-order chi connectivity index (χ1) is 37.5. The molecule has 0 aliphatic rings. The highest BCUT2D eigenvalue weighted by Gasteiger charge is 2.19. The summed E-state index contributed by atoms with van der Waals surface area (Å²) in [5.74, 6) is -0.898. The minimum absolute atomic E-state index is 0.0822. The zero-order valence-corrected chi connectivity index (χ0v) is 49.5. The number of allylic oxidation sites excluding steroid dienone is 20. The van der Waals surface area contributed by atoms with Crippen molar-refractivity contribution < 1.29 is 28.6 Å². The molecule has 0 heterocycles. The first-order valence-corrected chi connectivity index (χ1v) is 31.5. The van der Waals surface area contributed by atoms with Crippen LogP contribution in [0.5, 0.6) is 0 Å². The SMILES string of the molecule is CC/C=C\C/C=C\C/C=C\C/C=C\C/C=C\CCCCCCCCCCCCCC(=O)OCC(COC(=O)CCCCCCCC)OC(=O)CCCCCCCCCCC/C=C\C/C=C\C/C=C\C/C=C\C/C=C\CC. The number of hydrogen-bond donors (Lipinski definition) is 0. The van der Waals surface area contributed by atoms with Crippen LogP contribution in [0.25, 0.3) is 0 Å². The van der Waals surface area contributed by atoms with Crippen molar-refractivity contribution in [1.29, 1.82) is 0 Å². The monoisotopic (exact) mass is 1050 g/mol. The Morgan fingerprint density at radius 2 is 0.513 bits per heavy atom. The molecule has 0 aliphatic heterocycles. The van der Waals surface area contributed by atoms with E-state index in [-0.39, 0.29) is 31.1 Å². The van der Waals surface area contributed by atoms with Gasteiger partial charge in [0.15, 0.2) is 6.10 Å². The largest absolute Gasteiger partial charge is 0.462 e. The maximum Gasteiger partial charge on any atom is 0.306 e. The van der Waals surface area contributed by atoms with E-state index in [0.29, 0.717) is 19.3 Å². The van der Waals surface area contributed by atoms with Crippen molar-refractivity contribution in [2.24, 2.45) is 0 Å². The Morgan fingerprint density at radius 3 is 0.803 bits per heavy atom. The molecule has 0 fully saturated rings. The molecule has 0 spiro atoms. The summed E-state index contributed by atoms with van der Waals surface area (Å²) < 4.78 is 16.8. The quantitative estimate of drug-likeness (QED) is 0.0261. The zero-order chi connectivity index (χ0) is 55.0. The lowest BCUT2D eigenvalue weighted by atomic mass is 10.0. The fourth-order valence-electron chi connectivity index (χ4n) is 8.56. The van der Waals surface area contributed by atoms with Crippen LogP contribution in [0, 0.1) is 0 Å². The Morgan fingerprint density at radius 1 is 0.276 bits per heavy atom. The molecule has 0 rings (SSSR count). The molecule has 0 aromatic carbocycles. The van der Waals surface area contributed by atoms with E-state index in [4.69, 9.17) is 14.2 Å². The van der Waals surface area contributed by atoms with Crippen molar-refractivity contribution in [2.45, 2.75) is 290 Å². The van der Waals surface area contributed by atoms with Crippen molar-refractivity contribution in [3.8, 4) is 0 Å². The Labute approximate surface area is 469 Å². The minimum atomic E-state index is -0.783. The van der Waals surface area contributed by atoms with E-state index < -0.39 is 6.10 Å². The molecule has 0 saturated heterocycles. The number of carbonyl (C=O) groups is 3. The predicted molar refractivity (Wildman–Crippen MR) is 330 cm³/mol. The van der Waals surface area contributed by atoms with Gasteiger partial charge in [-0.05, 0) is 109 Å². The topological polar surface area (TPSA) is 78.9 Å². The van der Waals surface area contributed by atoms with E-state index in [9.17, 15) is 14.4 Å². The zero-order valence-electron chi connectivity index (χ0n) is 49.5. The summed E-state index contributed by atoms with van der Waals surface area (Å²) in [6, 6.07) is 0. The smallest absolute Gasteiger partial charge is 0.306 e. The van der Waals surface area contributed by atoms with Crippen molar-refractivity contribution in [1.82, 2.24) is 0 Å². The molecule has 6 heteroatoms. The van der Waals surface area contributed by atoms with Gasteiger partial charge in [0, 0.05) is 19.3 Å². The predicted octanol–water partition coefficient (Wildman–Crippen LogP) is 21.6. The minimum Gasteiger partial charge on any atom is -0.462 e. The lowest BCUT2D eigenvalue weighted by molar-refractivity contribution is -0.167. The summed E-state index contributed by atoms with van der Waals surface area (Å²) in [4.78, 5) is 38.0. The summed E-state index contributed by atoms with van der Waals surface area (Å²) in [6.07, 6.45) is 88.0. The molecule has 0 aromatic rings. The molecule has 0 N–H and O–H groups in total. The Balaban J connectivity index is 4.13. The van der Waals surface area contributed by atoms with Gasteiger partial charge in [0.1, 0.15) is 13.2 Å². The van der Waals surface area contributed by atoms with Crippen molar-refractivity contribution in [3.63, 3.8) is 0 Å². The van der Waals surface area contributed by atoms with Gasteiger partial charge in [0.25, 0.3) is 0 Å². The first-order valence-electron chi connectivity index (χ1n) is 31.5. The van der Waals surface area contributed by atoms with E-state index in [1.165, 1.54) is 116 Å². The molecule has 0 amide bonds. The number of rotatable bonds is 56. The second kappa shape index (κ2) is 63.3. The van der Waals surface area contributed by atoms with Crippen LogP contribution < -0.4 is 0 Å². The van der Waals surface area contributed by atoms with Crippen LogP contribution in [-0.2, 0) is 28.6 Å². The molecule has 0 saturated carbocycles. The highest BCUT2D eigenvalue weighted by Crippen LogP contribution is 2.16. The molecule has 1 unspecified atom stereocenters. The molecule has 432 valence electrons. The third-order valence-corrected chi connectivity index (χ3v) is 13.2. The first kappa shape index (κ1) is 71.8. The van der Waals surface area contributed by atoms with E-state index in [1.54, 1.807) is 0 Å². The molecular formula is C70H116O6. The average molecular weight is 1050 g/mol. The standard InChI is InChI=1S/C70H116O6/c1-4-7-10-13-16-18-20-22-24-26-28-30-32-34-35-37-38-40-42-44-46-48-50-52-54-57-60-63-69(72)75-66-67(65-74-68(71)62-59-56-15-12-9-6-3)76-70(73)64-61-58-55-53-51-49-47-45-43-41-39-36-33-31-29-27-25-23-21-19-17-14-11-8-5-2/h7-8,10-11,16-19,22-25,28-31,34-36,39,67H,4-6,9,12-15,20-21,26-27,32-33,37-38,40-66H2,1-3H3/b10-7-,11-8-,18-16-,19-17-,24-22-,25-23-,30-28-,31-29-,35-34-,39-36-. The van der Waals surface area contributed by atoms with Gasteiger partial charge < -0.3 is 14.2 Å². The van der Waals surface area contributed by atoms with Crippen LogP contribution in [0.3, 0.4) is 0 Å². The van der Waals surface area contributed by atoms with Crippen LogP contribution in [0.1, 0.15) is 284 Å². The highest BCUT2D eigenvalue weighted by molar-refractivity contribution is 5.71. The summed E-state index contributed by atoms with van der Waals surface area (Å²) in [5.41, 5.74) is 0. The molecular weight excluding hydrogens is 937 g/mol. The van der Waals surface area contributed by atoms with Gasteiger partial charge in [0.2, 0.25) is 0 Å². The van der Waals surface area contributed by atoms with Gasteiger partial charge in [-0.1, -0.05) is 277 Å². The van der Waals surface area contributed by atoms with Gasteiger partial charge in [0.05, 0.1) is 0 Å². The van der Waals surface area contributed by atoms with Crippen molar-refractivity contribution >= 4 is 17.9 Å². The maximum atomic E-state index is 12.8. The maximum absolute atomic E-state index is 12.8. The molecule has 0 bridgehead atoms. The summed E-state index contributed by atoms with van der Waals surface area (Å²) in [7, 11) is 0. The van der Waals surface area contributed by atoms with Crippen LogP contribution in [0.4, 0.5) is 0 Å². The van der Waals surface area contributed by atoms with Gasteiger partial charge in [-0.3, -0.25) is 14.4 Å². The Kier molecular flexibility index (Phi) is 59.9. The lowest BCUT2D eigenvalue weighted by Crippen LogP contribution is -2.30. The normalized spacial score (nSPS) is 12.9. The molecule has 76 heavy (non-hydrogen) atoms. The number of esters is 3. The lowest BCUT2D eigenvalue weighted by Gasteiger charge is -2.18. The molecule has 6 nitrogen and oxygen atoms in total. The van der Waals surface area contributed by atoms with Crippen molar-refractivity contribution in [3.05, 3.63) is 122 Å². The van der Waals surface area contributed by atoms with Crippen LogP contribution in [0.2, 0.25) is 0 Å². The van der Waals surface area contributed by atoms with Gasteiger partial charge in [-0.15, -0.1) is 0 Å². The Bertz CT molecular complexity index is 1590. The second-order valence-corrected chi connectivity index (χ2v) is 20.6. The van der Waals surface area contributed by atoms with Gasteiger partial charge in [-0.25, -0.2) is 0 Å². The summed E-state index contributed by atoms with van der Waals surface area (Å²) >= 11 is 0. The van der Waals surface area contributed by atoms with Crippen LogP contribution in [-0.4, -0.2) is 37.2 Å². The third-order valence-electron chi connectivity index (χ3n) is 13.2. The Hall–Kier alpha value is -4.19. The van der Waals surface area contributed by atoms with Gasteiger partial charge >= 0.3 is 17.9 Å². The molecule has 0 aromatic heterocycles. The second-order valence-electron chi connectivity index (χ2n) is 20.6. The van der Waals surface area contributed by atoms with Gasteiger partial charge in [-0.2, -0.15) is 0 Å². The highest BCUT2D eigenvalue weighted by atomic mass is 16.6. The summed E-state index contributed by atoms with van der Waals surface area (Å²) in [5, 5.41) is 0. The fourth-order valence-corrected chi connectivity index (χ4v) is 8.56. The van der Waals surface area contributed by atoms with E-state index >= 15 is 0 Å². The number of unbranched alkanes of at least 4 members (excludes halogenated alkanes) is 25. The number of hydrogen-bond acceptors (Lipinski definition) is 6.